The number of nitrogens with zero attached hydrogens (tertiary/aromatic N) is 1. The summed E-state index contributed by atoms with van der Waals surface area (Å²) in [4.78, 5) is 15.1. The van der Waals surface area contributed by atoms with Gasteiger partial charge in [0.15, 0.2) is 12.0 Å². The number of allylic oxidation sites excluding steroid dienone is 4. The summed E-state index contributed by atoms with van der Waals surface area (Å²) in [5.74, 6) is 0.745. The van der Waals surface area contributed by atoms with Crippen molar-refractivity contribution < 1.29 is 14.3 Å². The highest BCUT2D eigenvalue weighted by atomic mass is 16.5. The summed E-state index contributed by atoms with van der Waals surface area (Å²) in [5.41, 5.74) is 3.33. The Morgan fingerprint density at radius 2 is 1.92 bits per heavy atom. The molecule has 1 aromatic rings. The molecular weight excluding hydrogens is 314 g/mol. The number of hydrogen-bond donors (Lipinski definition) is 0. The van der Waals surface area contributed by atoms with Gasteiger partial charge in [-0.2, -0.15) is 0 Å². The number of morpholine rings is 1. The van der Waals surface area contributed by atoms with E-state index in [2.05, 4.69) is 11.5 Å². The number of carbonyl (C=O) groups excluding carboxylic acids is 1. The van der Waals surface area contributed by atoms with E-state index < -0.39 is 0 Å². The number of carbonyl (C=O) groups is 1. The van der Waals surface area contributed by atoms with Gasteiger partial charge in [0.05, 0.1) is 25.2 Å². The van der Waals surface area contributed by atoms with E-state index in [0.717, 1.165) is 29.8 Å². The van der Waals surface area contributed by atoms with Gasteiger partial charge in [-0.05, 0) is 25.0 Å². The summed E-state index contributed by atoms with van der Waals surface area (Å²) >= 11 is 0. The molecule has 0 radical (unpaired) electrons. The second-order valence-electron chi connectivity index (χ2n) is 6.40. The highest BCUT2D eigenvalue weighted by molar-refractivity contribution is 6.04. The lowest BCUT2D eigenvalue weighted by Gasteiger charge is -2.38. The first-order valence-electron chi connectivity index (χ1n) is 8.75. The largest absolute Gasteiger partial charge is 0.473 e. The van der Waals surface area contributed by atoms with Crippen molar-refractivity contribution in [1.82, 2.24) is 4.90 Å². The third-order valence-electron chi connectivity index (χ3n) is 4.62. The van der Waals surface area contributed by atoms with Gasteiger partial charge >= 0.3 is 0 Å². The van der Waals surface area contributed by atoms with Gasteiger partial charge < -0.3 is 9.47 Å². The Balaban J connectivity index is 2.00. The molecule has 132 valence electrons. The second-order valence-corrected chi connectivity index (χ2v) is 6.40. The Bertz CT molecular complexity index is 712. The number of benzene rings is 1. The van der Waals surface area contributed by atoms with Crippen molar-refractivity contribution in [3.05, 3.63) is 65.5 Å². The first-order valence-corrected chi connectivity index (χ1v) is 8.75. The van der Waals surface area contributed by atoms with Crippen LogP contribution >= 0.6 is 0 Å². The number of ether oxygens (including phenoxy) is 2. The van der Waals surface area contributed by atoms with Crippen LogP contribution in [0.2, 0.25) is 0 Å². The van der Waals surface area contributed by atoms with Crippen molar-refractivity contribution in [3.8, 4) is 0 Å². The van der Waals surface area contributed by atoms with E-state index in [-0.39, 0.29) is 12.0 Å². The third kappa shape index (κ3) is 3.75. The van der Waals surface area contributed by atoms with Crippen LogP contribution in [-0.2, 0) is 14.3 Å². The van der Waals surface area contributed by atoms with Crippen molar-refractivity contribution in [2.24, 2.45) is 0 Å². The van der Waals surface area contributed by atoms with Crippen LogP contribution in [-0.4, -0.2) is 43.2 Å². The second kappa shape index (κ2) is 7.81. The van der Waals surface area contributed by atoms with Crippen LogP contribution in [0.25, 0.3) is 5.57 Å². The van der Waals surface area contributed by atoms with Crippen LogP contribution in [0.5, 0.6) is 0 Å². The molecule has 2 aliphatic rings. The fourth-order valence-electron chi connectivity index (χ4n) is 3.37. The van der Waals surface area contributed by atoms with Crippen molar-refractivity contribution in [2.75, 3.05) is 26.3 Å². The van der Waals surface area contributed by atoms with Crippen LogP contribution in [0, 0.1) is 0 Å². The van der Waals surface area contributed by atoms with Gasteiger partial charge in [-0.1, -0.05) is 43.0 Å². The Morgan fingerprint density at radius 3 is 2.52 bits per heavy atom. The topological polar surface area (TPSA) is 38.8 Å². The monoisotopic (exact) mass is 339 g/mol. The van der Waals surface area contributed by atoms with Gasteiger partial charge in [0.1, 0.15) is 5.76 Å². The molecule has 0 amide bonds. The maximum absolute atomic E-state index is 12.9. The highest BCUT2D eigenvalue weighted by Crippen LogP contribution is 2.35. The number of ketones is 1. The molecule has 0 bridgehead atoms. The molecular formula is C21H25NO3. The lowest BCUT2D eigenvalue weighted by Crippen LogP contribution is -2.47. The van der Waals surface area contributed by atoms with Gasteiger partial charge in [-0.15, -0.1) is 0 Å². The maximum Gasteiger partial charge on any atom is 0.171 e. The summed E-state index contributed by atoms with van der Waals surface area (Å²) < 4.78 is 11.8. The molecule has 1 aromatic carbocycles. The Hall–Kier alpha value is -2.17. The normalized spacial score (nSPS) is 22.7. The number of hydrogen-bond acceptors (Lipinski definition) is 4. The van der Waals surface area contributed by atoms with Gasteiger partial charge in [-0.3, -0.25) is 9.69 Å². The van der Waals surface area contributed by atoms with Crippen LogP contribution in [0.1, 0.15) is 25.8 Å². The third-order valence-corrected chi connectivity index (χ3v) is 4.62. The number of rotatable bonds is 4. The molecule has 0 spiro atoms. The smallest absolute Gasteiger partial charge is 0.171 e. The summed E-state index contributed by atoms with van der Waals surface area (Å²) in [6, 6.07) is 10.0. The molecule has 3 rings (SSSR count). The van der Waals surface area contributed by atoms with Crippen LogP contribution < -0.4 is 0 Å². The summed E-state index contributed by atoms with van der Waals surface area (Å²) in [7, 11) is 0. The van der Waals surface area contributed by atoms with Crippen LogP contribution in [0.3, 0.4) is 0 Å². The van der Waals surface area contributed by atoms with E-state index in [1.165, 1.54) is 0 Å². The fourth-order valence-corrected chi connectivity index (χ4v) is 3.37. The molecule has 2 heterocycles. The van der Waals surface area contributed by atoms with E-state index >= 15 is 0 Å². The molecule has 1 atom stereocenters. The molecule has 2 aliphatic heterocycles. The minimum absolute atomic E-state index is 0.0977. The first-order chi connectivity index (χ1) is 12.1. The zero-order valence-electron chi connectivity index (χ0n) is 15.0. The summed E-state index contributed by atoms with van der Waals surface area (Å²) in [5, 5.41) is 0. The zero-order chi connectivity index (χ0) is 17.8. The molecule has 0 saturated carbocycles. The minimum Gasteiger partial charge on any atom is -0.473 e. The zero-order valence-corrected chi connectivity index (χ0v) is 15.0. The Morgan fingerprint density at radius 1 is 1.24 bits per heavy atom. The quantitative estimate of drug-likeness (QED) is 0.841. The van der Waals surface area contributed by atoms with Crippen molar-refractivity contribution >= 4 is 11.4 Å². The average molecular weight is 339 g/mol. The minimum atomic E-state index is -0.242. The van der Waals surface area contributed by atoms with Gasteiger partial charge in [0.25, 0.3) is 0 Å². The maximum atomic E-state index is 12.9. The van der Waals surface area contributed by atoms with E-state index in [4.69, 9.17) is 9.47 Å². The average Bonchev–Trinajstić information content (AvgIpc) is 2.63. The standard InChI is InChI=1S/C21H25NO3/c1-4-17(16-8-6-5-7-9-16)21-20(15(2)3)18(23)14-19(25-21)22-10-12-24-13-11-22/h4-9,19H,2,10-14H2,1,3H3. The van der Waals surface area contributed by atoms with Crippen molar-refractivity contribution in [1.29, 1.82) is 0 Å². The molecule has 4 heteroatoms. The van der Waals surface area contributed by atoms with Crippen molar-refractivity contribution in [3.63, 3.8) is 0 Å². The molecule has 1 unspecified atom stereocenters. The van der Waals surface area contributed by atoms with E-state index in [0.29, 0.717) is 31.0 Å². The van der Waals surface area contributed by atoms with Crippen LogP contribution in [0.15, 0.2) is 59.9 Å². The summed E-state index contributed by atoms with van der Waals surface area (Å²) in [6.07, 6.45) is 2.12. The first kappa shape index (κ1) is 17.6. The molecule has 0 aromatic heterocycles. The van der Waals surface area contributed by atoms with Gasteiger partial charge in [0, 0.05) is 18.7 Å². The fraction of sp³-hybridized carbons (Fsp3) is 0.381. The van der Waals surface area contributed by atoms with E-state index in [1.54, 1.807) is 0 Å². The lowest BCUT2D eigenvalue weighted by atomic mass is 9.91. The van der Waals surface area contributed by atoms with Gasteiger partial charge in [0.2, 0.25) is 0 Å². The molecule has 4 nitrogen and oxygen atoms in total. The van der Waals surface area contributed by atoms with Gasteiger partial charge in [-0.25, -0.2) is 0 Å². The molecule has 0 N–H and O–H groups in total. The van der Waals surface area contributed by atoms with E-state index in [9.17, 15) is 4.79 Å². The molecule has 25 heavy (non-hydrogen) atoms. The predicted molar refractivity (Wildman–Crippen MR) is 98.8 cm³/mol. The predicted octanol–water partition coefficient (Wildman–Crippen LogP) is 3.57. The molecule has 1 saturated heterocycles. The number of Topliss-reactive ketones (excluding diaryl/α,β-unsaturated/α-hetero) is 1. The summed E-state index contributed by atoms with van der Waals surface area (Å²) in [6.45, 7) is 10.8. The van der Waals surface area contributed by atoms with Crippen LogP contribution in [0.4, 0.5) is 0 Å². The highest BCUT2D eigenvalue weighted by Gasteiger charge is 2.35. The SMILES string of the molecule is C=C(C)C1=C(C(=CC)c2ccccc2)OC(N2CCOCC2)CC1=O. The van der Waals surface area contributed by atoms with Crippen molar-refractivity contribution in [2.45, 2.75) is 26.5 Å². The lowest BCUT2D eigenvalue weighted by molar-refractivity contribution is -0.128. The molecule has 1 fully saturated rings. The Labute approximate surface area is 149 Å². The van der Waals surface area contributed by atoms with E-state index in [1.807, 2.05) is 50.3 Å². The molecule has 0 aliphatic carbocycles. The Kier molecular flexibility index (Phi) is 5.51.